The minimum absolute atomic E-state index is 0.0288. The van der Waals surface area contributed by atoms with Gasteiger partial charge in [0.25, 0.3) is 0 Å². The fourth-order valence-corrected chi connectivity index (χ4v) is 8.48. The number of ether oxygens (including phenoxy) is 1. The maximum absolute atomic E-state index is 13.5. The molecule has 1 aliphatic heterocycles. The van der Waals surface area contributed by atoms with E-state index < -0.39 is 33.3 Å². The Hall–Kier alpha value is -2.57. The van der Waals surface area contributed by atoms with Crippen molar-refractivity contribution in [3.63, 3.8) is 0 Å². The molecule has 1 unspecified atom stereocenters. The van der Waals surface area contributed by atoms with Crippen LogP contribution in [-0.2, 0) is 14.8 Å². The van der Waals surface area contributed by atoms with Gasteiger partial charge in [-0.05, 0) is 70.6 Å². The molecule has 0 spiro atoms. The zero-order valence-electron chi connectivity index (χ0n) is 22.2. The van der Waals surface area contributed by atoms with Crippen molar-refractivity contribution in [2.75, 3.05) is 0 Å². The van der Waals surface area contributed by atoms with E-state index in [1.807, 2.05) is 43.3 Å². The molecule has 1 saturated heterocycles. The van der Waals surface area contributed by atoms with Crippen LogP contribution in [-0.4, -0.2) is 46.1 Å². The second kappa shape index (κ2) is 10.7. The number of aromatic nitrogens is 1. The fraction of sp³-hybridized carbons (Fsp3) is 0.517. The Kier molecular flexibility index (Phi) is 7.91. The average molecular weight is 524 g/mol. The third-order valence-corrected chi connectivity index (χ3v) is 10.1. The van der Waals surface area contributed by atoms with Crippen molar-refractivity contribution in [3.8, 4) is 17.2 Å². The van der Waals surface area contributed by atoms with Crippen LogP contribution in [0.5, 0.6) is 0 Å². The van der Waals surface area contributed by atoms with Crippen molar-refractivity contribution in [3.05, 3.63) is 59.9 Å². The van der Waals surface area contributed by atoms with E-state index in [4.69, 9.17) is 4.74 Å². The molecule has 6 atom stereocenters. The summed E-state index contributed by atoms with van der Waals surface area (Å²) >= 11 is 0. The monoisotopic (exact) mass is 523 g/mol. The van der Waals surface area contributed by atoms with Crippen LogP contribution in [0.3, 0.4) is 0 Å². The van der Waals surface area contributed by atoms with Crippen molar-refractivity contribution < 1.29 is 18.3 Å². The largest absolute Gasteiger partial charge is 0.355 e. The summed E-state index contributed by atoms with van der Waals surface area (Å²) < 4.78 is 33.9. The number of pyridine rings is 1. The number of aliphatic hydroxyl groups excluding tert-OH is 1. The predicted molar refractivity (Wildman–Crippen MR) is 144 cm³/mol. The second-order valence-corrected chi connectivity index (χ2v) is 13.2. The van der Waals surface area contributed by atoms with Crippen molar-refractivity contribution in [2.45, 2.75) is 77.2 Å². The first kappa shape index (κ1) is 27.5. The van der Waals surface area contributed by atoms with Crippen LogP contribution in [0.25, 0.3) is 17.2 Å². The van der Waals surface area contributed by atoms with E-state index >= 15 is 0 Å². The molecule has 2 aromatic rings. The van der Waals surface area contributed by atoms with Crippen molar-refractivity contribution in [1.29, 1.82) is 5.26 Å². The summed E-state index contributed by atoms with van der Waals surface area (Å²) in [6.45, 7) is 9.43. The molecule has 1 aliphatic carbocycles. The SMILES string of the molecule is CC[C@@H]1CC[C@@H]2[C@H]([C@H]1/C=C/c1ccc(-c3ccccc3C#N)cn1)[C@@H](C)N(C(O)OC(C)(C)C)S2(=O)=O. The van der Waals surface area contributed by atoms with Crippen molar-refractivity contribution in [1.82, 2.24) is 9.29 Å². The van der Waals surface area contributed by atoms with Crippen LogP contribution in [0.1, 0.15) is 65.1 Å². The van der Waals surface area contributed by atoms with Gasteiger partial charge in [0.05, 0.1) is 28.2 Å². The fourth-order valence-electron chi connectivity index (χ4n) is 6.02. The molecule has 0 radical (unpaired) electrons. The van der Waals surface area contributed by atoms with Gasteiger partial charge < -0.3 is 9.84 Å². The van der Waals surface area contributed by atoms with Crippen LogP contribution in [0.15, 0.2) is 48.7 Å². The Morgan fingerprint density at radius 3 is 2.59 bits per heavy atom. The van der Waals surface area contributed by atoms with Gasteiger partial charge in [-0.15, -0.1) is 4.31 Å². The molecule has 4 rings (SSSR count). The number of nitrogens with zero attached hydrogens (tertiary/aromatic N) is 3. The van der Waals surface area contributed by atoms with Gasteiger partial charge in [-0.2, -0.15) is 5.26 Å². The number of fused-ring (bicyclic) bond motifs is 1. The molecule has 37 heavy (non-hydrogen) atoms. The Morgan fingerprint density at radius 1 is 1.24 bits per heavy atom. The molecule has 8 heteroatoms. The molecule has 2 aliphatic rings. The van der Waals surface area contributed by atoms with E-state index in [0.29, 0.717) is 17.9 Å². The lowest BCUT2D eigenvalue weighted by molar-refractivity contribution is -0.221. The standard InChI is InChI=1S/C29H37N3O4S/c1-6-20-12-16-26-27(19(2)32(37(26,34)35)28(33)36-29(3,4)5)25(20)15-14-23-13-11-22(18-31-23)24-10-8-7-9-21(24)17-30/h7-11,13-15,18-20,25-28,33H,6,12,16H2,1-5H3/b15-14+/t19-,20-,25+,26-,27+,28?/m1/s1. The number of hydrogen-bond donors (Lipinski definition) is 1. The summed E-state index contributed by atoms with van der Waals surface area (Å²) in [6.07, 6.45) is 6.69. The van der Waals surface area contributed by atoms with Gasteiger partial charge in [0.15, 0.2) is 0 Å². The Labute approximate surface area is 220 Å². The number of sulfonamides is 1. The van der Waals surface area contributed by atoms with Gasteiger partial charge in [-0.1, -0.05) is 43.7 Å². The third kappa shape index (κ3) is 5.51. The molecule has 0 bridgehead atoms. The van der Waals surface area contributed by atoms with Crippen LogP contribution in [0, 0.1) is 29.1 Å². The maximum atomic E-state index is 13.5. The second-order valence-electron chi connectivity index (χ2n) is 11.1. The van der Waals surface area contributed by atoms with E-state index in [1.165, 1.54) is 4.31 Å². The summed E-state index contributed by atoms with van der Waals surface area (Å²) in [5, 5.41) is 19.6. The number of allylic oxidation sites excluding steroid dienone is 1. The third-order valence-electron chi connectivity index (χ3n) is 7.71. The lowest BCUT2D eigenvalue weighted by Gasteiger charge is -2.38. The Morgan fingerprint density at radius 2 is 1.97 bits per heavy atom. The van der Waals surface area contributed by atoms with E-state index in [1.54, 1.807) is 33.0 Å². The molecular weight excluding hydrogens is 486 g/mol. The molecule has 1 aromatic heterocycles. The molecule has 1 aromatic carbocycles. The average Bonchev–Trinajstić information content (AvgIpc) is 3.06. The highest BCUT2D eigenvalue weighted by atomic mass is 32.2. The van der Waals surface area contributed by atoms with Gasteiger partial charge in [0, 0.05) is 29.3 Å². The molecule has 7 nitrogen and oxygen atoms in total. The molecule has 1 saturated carbocycles. The molecule has 0 amide bonds. The first-order valence-corrected chi connectivity index (χ1v) is 14.5. The van der Waals surface area contributed by atoms with Crippen LogP contribution >= 0.6 is 0 Å². The van der Waals surface area contributed by atoms with Gasteiger partial charge in [-0.25, -0.2) is 8.42 Å². The van der Waals surface area contributed by atoms with Gasteiger partial charge in [0.1, 0.15) is 0 Å². The molecular formula is C29H37N3O4S. The highest BCUT2D eigenvalue weighted by molar-refractivity contribution is 7.90. The summed E-state index contributed by atoms with van der Waals surface area (Å²) in [7, 11) is -3.72. The zero-order chi connectivity index (χ0) is 27.0. The van der Waals surface area contributed by atoms with Crippen molar-refractivity contribution >= 4 is 16.1 Å². The van der Waals surface area contributed by atoms with Crippen LogP contribution < -0.4 is 0 Å². The summed E-state index contributed by atoms with van der Waals surface area (Å²) in [6, 6.07) is 13.1. The maximum Gasteiger partial charge on any atom is 0.229 e. The highest BCUT2D eigenvalue weighted by Gasteiger charge is 2.58. The lowest BCUT2D eigenvalue weighted by atomic mass is 9.68. The summed E-state index contributed by atoms with van der Waals surface area (Å²) in [5.41, 5.74) is 2.41. The number of aliphatic hydroxyl groups is 1. The van der Waals surface area contributed by atoms with Gasteiger partial charge in [-0.3, -0.25) is 4.98 Å². The number of hydrogen-bond acceptors (Lipinski definition) is 6. The lowest BCUT2D eigenvalue weighted by Crippen LogP contribution is -2.47. The van der Waals surface area contributed by atoms with Crippen LogP contribution in [0.4, 0.5) is 0 Å². The first-order valence-electron chi connectivity index (χ1n) is 13.0. The quantitative estimate of drug-likeness (QED) is 0.523. The van der Waals surface area contributed by atoms with Crippen molar-refractivity contribution in [2.24, 2.45) is 17.8 Å². The van der Waals surface area contributed by atoms with E-state index in [2.05, 4.69) is 24.1 Å². The van der Waals surface area contributed by atoms with E-state index in [0.717, 1.165) is 29.7 Å². The summed E-state index contributed by atoms with van der Waals surface area (Å²) in [4.78, 5) is 4.60. The number of benzene rings is 1. The van der Waals surface area contributed by atoms with E-state index in [9.17, 15) is 18.8 Å². The number of nitriles is 1. The zero-order valence-corrected chi connectivity index (χ0v) is 23.0. The minimum atomic E-state index is -3.72. The Balaban J connectivity index is 1.61. The summed E-state index contributed by atoms with van der Waals surface area (Å²) in [5.74, 6) is 0.221. The molecule has 2 heterocycles. The van der Waals surface area contributed by atoms with Gasteiger partial charge in [0.2, 0.25) is 16.4 Å². The number of rotatable bonds is 6. The molecule has 1 N–H and O–H groups in total. The van der Waals surface area contributed by atoms with E-state index in [-0.39, 0.29) is 11.8 Å². The van der Waals surface area contributed by atoms with Gasteiger partial charge >= 0.3 is 0 Å². The minimum Gasteiger partial charge on any atom is -0.355 e. The normalized spacial score (nSPS) is 28.6. The topological polar surface area (TPSA) is 104 Å². The first-order chi connectivity index (χ1) is 17.5. The van der Waals surface area contributed by atoms with Crippen LogP contribution in [0.2, 0.25) is 0 Å². The predicted octanol–water partition coefficient (Wildman–Crippen LogP) is 5.18. The highest BCUT2D eigenvalue weighted by Crippen LogP contribution is 2.49. The Bertz CT molecular complexity index is 1280. The molecule has 2 fully saturated rings. The molecule has 198 valence electrons. The smallest absolute Gasteiger partial charge is 0.229 e.